The molecule has 0 aliphatic carbocycles. The second-order valence-corrected chi connectivity index (χ2v) is 6.45. The fourth-order valence-corrected chi connectivity index (χ4v) is 3.00. The van der Waals surface area contributed by atoms with Gasteiger partial charge in [-0.3, -0.25) is 4.90 Å². The van der Waals surface area contributed by atoms with Crippen molar-refractivity contribution in [3.8, 4) is 0 Å². The Labute approximate surface area is 146 Å². The van der Waals surface area contributed by atoms with Gasteiger partial charge in [-0.2, -0.15) is 0 Å². The molecule has 23 heavy (non-hydrogen) atoms. The quantitative estimate of drug-likeness (QED) is 0.735. The number of halogens is 1. The Morgan fingerprint density at radius 1 is 0.739 bits per heavy atom. The summed E-state index contributed by atoms with van der Waals surface area (Å²) in [5, 5.41) is 10.5. The molecule has 1 fully saturated rings. The Morgan fingerprint density at radius 3 is 2.04 bits per heavy atom. The Balaban J connectivity index is 1.81. The van der Waals surface area contributed by atoms with E-state index in [1.165, 1.54) is 24.0 Å². The van der Waals surface area contributed by atoms with E-state index in [-0.39, 0.29) is 0 Å². The highest BCUT2D eigenvalue weighted by Crippen LogP contribution is 2.09. The number of benzene rings is 1. The third kappa shape index (κ3) is 8.13. The zero-order chi connectivity index (χ0) is 16.2. The van der Waals surface area contributed by atoms with E-state index >= 15 is 0 Å². The minimum atomic E-state index is 0.592. The molecule has 0 amide bonds. The Hall–Kier alpha value is -0.650. The molecule has 1 heterocycles. The number of nitrogens with zero attached hydrogens (tertiary/aromatic N) is 1. The summed E-state index contributed by atoms with van der Waals surface area (Å²) in [6.07, 6.45) is 2.39. The number of nitrogens with one attached hydrogen (secondary N) is 3. The van der Waals surface area contributed by atoms with Crippen LogP contribution in [0, 0.1) is 0 Å². The lowest BCUT2D eigenvalue weighted by molar-refractivity contribution is 0.260. The molecule has 0 unspecified atom stereocenters. The van der Waals surface area contributed by atoms with Gasteiger partial charge in [-0.25, -0.2) is 0 Å². The first kappa shape index (κ1) is 18.7. The highest BCUT2D eigenvalue weighted by Gasteiger charge is 2.06. The lowest BCUT2D eigenvalue weighted by Gasteiger charge is -2.23. The molecule has 0 bridgehead atoms. The van der Waals surface area contributed by atoms with Crippen LogP contribution in [0.1, 0.15) is 24.0 Å². The molecular formula is C18H31ClN4. The van der Waals surface area contributed by atoms with E-state index in [4.69, 9.17) is 11.6 Å². The lowest BCUT2D eigenvalue weighted by atomic mass is 10.1. The molecule has 1 aromatic rings. The Bertz CT molecular complexity index is 396. The molecule has 0 atom stereocenters. The van der Waals surface area contributed by atoms with Gasteiger partial charge in [0, 0.05) is 38.6 Å². The minimum absolute atomic E-state index is 0.592. The summed E-state index contributed by atoms with van der Waals surface area (Å²) in [5.41, 5.74) is 2.56. The van der Waals surface area contributed by atoms with Gasteiger partial charge in [0.1, 0.15) is 0 Å². The highest BCUT2D eigenvalue weighted by atomic mass is 35.5. The van der Waals surface area contributed by atoms with Gasteiger partial charge in [0.25, 0.3) is 0 Å². The molecule has 0 spiro atoms. The topological polar surface area (TPSA) is 39.3 Å². The van der Waals surface area contributed by atoms with E-state index in [2.05, 4.69) is 45.1 Å². The van der Waals surface area contributed by atoms with Crippen molar-refractivity contribution in [1.82, 2.24) is 20.9 Å². The third-order valence-corrected chi connectivity index (χ3v) is 4.51. The van der Waals surface area contributed by atoms with Crippen molar-refractivity contribution in [2.24, 2.45) is 0 Å². The summed E-state index contributed by atoms with van der Waals surface area (Å²) in [4.78, 5) is 2.55. The average Bonchev–Trinajstić information content (AvgIpc) is 2.59. The molecule has 1 aliphatic rings. The Kier molecular flexibility index (Phi) is 9.60. The van der Waals surface area contributed by atoms with Crippen molar-refractivity contribution in [1.29, 1.82) is 0 Å². The number of hydrogen-bond donors (Lipinski definition) is 3. The summed E-state index contributed by atoms with van der Waals surface area (Å²) in [5.74, 6) is 0.592. The average molecular weight is 339 g/mol. The van der Waals surface area contributed by atoms with Crippen LogP contribution in [0.15, 0.2) is 24.3 Å². The summed E-state index contributed by atoms with van der Waals surface area (Å²) in [7, 11) is 0. The van der Waals surface area contributed by atoms with Gasteiger partial charge in [-0.15, -0.1) is 11.6 Å². The third-order valence-electron chi connectivity index (χ3n) is 4.20. The van der Waals surface area contributed by atoms with E-state index in [1.54, 1.807) is 0 Å². The maximum absolute atomic E-state index is 5.87. The van der Waals surface area contributed by atoms with Crippen molar-refractivity contribution in [3.63, 3.8) is 0 Å². The SMILES string of the molecule is ClCc1ccc(CN2CCCNCCNCCCNCC2)cc1. The normalized spacial score (nSPS) is 20.0. The van der Waals surface area contributed by atoms with E-state index in [0.29, 0.717) is 5.88 Å². The molecule has 2 rings (SSSR count). The van der Waals surface area contributed by atoms with Crippen molar-refractivity contribution in [2.75, 3.05) is 52.4 Å². The molecule has 0 aromatic heterocycles. The second kappa shape index (κ2) is 11.8. The highest BCUT2D eigenvalue weighted by molar-refractivity contribution is 6.17. The molecule has 1 aromatic carbocycles. The molecule has 1 aliphatic heterocycles. The van der Waals surface area contributed by atoms with Crippen molar-refractivity contribution < 1.29 is 0 Å². The van der Waals surface area contributed by atoms with Crippen LogP contribution in [-0.2, 0) is 12.4 Å². The number of hydrogen-bond acceptors (Lipinski definition) is 4. The molecule has 5 heteroatoms. The summed E-state index contributed by atoms with van der Waals surface area (Å²) >= 11 is 5.87. The van der Waals surface area contributed by atoms with Gasteiger partial charge in [0.05, 0.1) is 0 Å². The maximum Gasteiger partial charge on any atom is 0.0474 e. The zero-order valence-corrected chi connectivity index (χ0v) is 14.9. The van der Waals surface area contributed by atoms with E-state index in [9.17, 15) is 0 Å². The largest absolute Gasteiger partial charge is 0.315 e. The van der Waals surface area contributed by atoms with Gasteiger partial charge in [0.2, 0.25) is 0 Å². The first-order chi connectivity index (χ1) is 11.4. The zero-order valence-electron chi connectivity index (χ0n) is 14.1. The van der Waals surface area contributed by atoms with Crippen LogP contribution in [0.3, 0.4) is 0 Å². The van der Waals surface area contributed by atoms with E-state index in [1.807, 2.05) is 0 Å². The summed E-state index contributed by atoms with van der Waals surface area (Å²) in [6.45, 7) is 9.74. The summed E-state index contributed by atoms with van der Waals surface area (Å²) < 4.78 is 0. The fourth-order valence-electron chi connectivity index (χ4n) is 2.82. The molecular weight excluding hydrogens is 308 g/mol. The second-order valence-electron chi connectivity index (χ2n) is 6.18. The van der Waals surface area contributed by atoms with Crippen LogP contribution in [0.4, 0.5) is 0 Å². The van der Waals surface area contributed by atoms with Crippen LogP contribution in [0.5, 0.6) is 0 Å². The fraction of sp³-hybridized carbons (Fsp3) is 0.667. The Morgan fingerprint density at radius 2 is 1.35 bits per heavy atom. The van der Waals surface area contributed by atoms with Crippen molar-refractivity contribution in [2.45, 2.75) is 25.3 Å². The number of alkyl halides is 1. The van der Waals surface area contributed by atoms with Crippen LogP contribution in [0.2, 0.25) is 0 Å². The first-order valence-corrected chi connectivity index (χ1v) is 9.40. The first-order valence-electron chi connectivity index (χ1n) is 8.87. The standard InChI is InChI=1S/C18H31ClN4/c19-15-17-3-5-18(6-4-17)16-23-13-2-9-21-11-10-20-7-1-8-22-12-14-23/h3-6,20-22H,1-2,7-16H2. The lowest BCUT2D eigenvalue weighted by Crippen LogP contribution is -2.36. The van der Waals surface area contributed by atoms with Gasteiger partial charge < -0.3 is 16.0 Å². The van der Waals surface area contributed by atoms with E-state index < -0.39 is 0 Å². The molecule has 0 radical (unpaired) electrons. The molecule has 4 nitrogen and oxygen atoms in total. The van der Waals surface area contributed by atoms with Crippen LogP contribution in [-0.4, -0.2) is 57.3 Å². The molecule has 3 N–H and O–H groups in total. The van der Waals surface area contributed by atoms with E-state index in [0.717, 1.165) is 58.9 Å². The van der Waals surface area contributed by atoms with Crippen molar-refractivity contribution in [3.05, 3.63) is 35.4 Å². The number of rotatable bonds is 3. The smallest absolute Gasteiger partial charge is 0.0474 e. The maximum atomic E-state index is 5.87. The molecule has 130 valence electrons. The van der Waals surface area contributed by atoms with Crippen molar-refractivity contribution >= 4 is 11.6 Å². The monoisotopic (exact) mass is 338 g/mol. The van der Waals surface area contributed by atoms with Crippen LogP contribution >= 0.6 is 11.6 Å². The van der Waals surface area contributed by atoms with Gasteiger partial charge in [-0.1, -0.05) is 24.3 Å². The van der Waals surface area contributed by atoms with Crippen LogP contribution < -0.4 is 16.0 Å². The molecule has 1 saturated heterocycles. The minimum Gasteiger partial charge on any atom is -0.315 e. The summed E-state index contributed by atoms with van der Waals surface area (Å²) in [6, 6.07) is 8.69. The van der Waals surface area contributed by atoms with Gasteiger partial charge >= 0.3 is 0 Å². The predicted molar refractivity (Wildman–Crippen MR) is 99.1 cm³/mol. The molecule has 0 saturated carbocycles. The van der Waals surface area contributed by atoms with Gasteiger partial charge in [0.15, 0.2) is 0 Å². The van der Waals surface area contributed by atoms with Gasteiger partial charge in [-0.05, 0) is 50.1 Å². The van der Waals surface area contributed by atoms with Crippen LogP contribution in [0.25, 0.3) is 0 Å². The predicted octanol–water partition coefficient (Wildman–Crippen LogP) is 1.79.